The fraction of sp³-hybridized carbons (Fsp3) is 0.846. The van der Waals surface area contributed by atoms with Crippen LogP contribution >= 0.6 is 0 Å². The van der Waals surface area contributed by atoms with Crippen LogP contribution in [-0.4, -0.2) is 42.4 Å². The number of rotatable bonds is 7. The normalized spacial score (nSPS) is 23.9. The molecule has 1 saturated carbocycles. The van der Waals surface area contributed by atoms with Gasteiger partial charge in [-0.3, -0.25) is 4.79 Å². The first-order valence-corrected chi connectivity index (χ1v) is 6.88. The molecule has 1 aliphatic rings. The third-order valence-electron chi connectivity index (χ3n) is 3.47. The number of urea groups is 1. The Kier molecular flexibility index (Phi) is 6.62. The van der Waals surface area contributed by atoms with Crippen LogP contribution in [0.4, 0.5) is 4.79 Å². The summed E-state index contributed by atoms with van der Waals surface area (Å²) in [5.41, 5.74) is 0. The maximum Gasteiger partial charge on any atom is 0.315 e. The minimum atomic E-state index is -0.894. The second kappa shape index (κ2) is 7.99. The van der Waals surface area contributed by atoms with Crippen molar-refractivity contribution in [3.63, 3.8) is 0 Å². The second-order valence-corrected chi connectivity index (χ2v) is 5.01. The third kappa shape index (κ3) is 5.46. The first-order valence-electron chi connectivity index (χ1n) is 6.88. The number of carbonyl (C=O) groups excluding carboxylic acids is 1. The van der Waals surface area contributed by atoms with E-state index in [2.05, 4.69) is 10.6 Å². The topological polar surface area (TPSA) is 87.7 Å². The lowest BCUT2D eigenvalue weighted by Crippen LogP contribution is -2.49. The number of carbonyl (C=O) groups is 2. The van der Waals surface area contributed by atoms with Crippen LogP contribution in [0.2, 0.25) is 0 Å². The number of ether oxygens (including phenoxy) is 1. The summed E-state index contributed by atoms with van der Waals surface area (Å²) < 4.78 is 5.31. The molecule has 1 rings (SSSR count). The van der Waals surface area contributed by atoms with Crippen molar-refractivity contribution in [2.45, 2.75) is 63.6 Å². The number of methoxy groups -OCH3 is 1. The van der Waals surface area contributed by atoms with E-state index in [-0.39, 0.29) is 30.6 Å². The van der Waals surface area contributed by atoms with Gasteiger partial charge in [0.25, 0.3) is 0 Å². The van der Waals surface area contributed by atoms with Gasteiger partial charge in [-0.05, 0) is 25.7 Å². The number of carboxylic acids is 1. The van der Waals surface area contributed by atoms with Crippen LogP contribution in [-0.2, 0) is 9.53 Å². The summed E-state index contributed by atoms with van der Waals surface area (Å²) in [4.78, 5) is 22.6. The molecule has 0 aromatic rings. The quantitative estimate of drug-likeness (QED) is 0.655. The third-order valence-corrected chi connectivity index (χ3v) is 3.47. The van der Waals surface area contributed by atoms with Crippen LogP contribution < -0.4 is 10.6 Å². The SMILES string of the molecule is CCCC(CC(=O)O)NC(=O)NC1CCCC1OC. The van der Waals surface area contributed by atoms with Gasteiger partial charge in [-0.25, -0.2) is 4.79 Å². The van der Waals surface area contributed by atoms with Crippen LogP contribution in [0.15, 0.2) is 0 Å². The van der Waals surface area contributed by atoms with E-state index in [1.807, 2.05) is 6.92 Å². The highest BCUT2D eigenvalue weighted by Gasteiger charge is 2.28. The molecule has 0 aromatic carbocycles. The van der Waals surface area contributed by atoms with Crippen LogP contribution in [0.5, 0.6) is 0 Å². The van der Waals surface area contributed by atoms with E-state index in [1.165, 1.54) is 0 Å². The van der Waals surface area contributed by atoms with Crippen LogP contribution in [0, 0.1) is 0 Å². The summed E-state index contributed by atoms with van der Waals surface area (Å²) in [6, 6.07) is -0.587. The lowest BCUT2D eigenvalue weighted by atomic mass is 10.1. The Balaban J connectivity index is 2.41. The van der Waals surface area contributed by atoms with E-state index in [0.29, 0.717) is 6.42 Å². The van der Waals surface area contributed by atoms with Gasteiger partial charge in [-0.15, -0.1) is 0 Å². The lowest BCUT2D eigenvalue weighted by molar-refractivity contribution is -0.137. The fourth-order valence-corrected chi connectivity index (χ4v) is 2.55. The van der Waals surface area contributed by atoms with Gasteiger partial charge in [0, 0.05) is 13.2 Å². The monoisotopic (exact) mass is 272 g/mol. The van der Waals surface area contributed by atoms with Crippen molar-refractivity contribution in [2.75, 3.05) is 7.11 Å². The molecule has 2 amide bonds. The van der Waals surface area contributed by atoms with Crippen molar-refractivity contribution < 1.29 is 19.4 Å². The van der Waals surface area contributed by atoms with Crippen molar-refractivity contribution in [1.29, 1.82) is 0 Å². The molecule has 3 N–H and O–H groups in total. The highest BCUT2D eigenvalue weighted by molar-refractivity contribution is 5.76. The summed E-state index contributed by atoms with van der Waals surface area (Å²) in [5.74, 6) is -0.894. The van der Waals surface area contributed by atoms with E-state index in [9.17, 15) is 9.59 Å². The van der Waals surface area contributed by atoms with Crippen LogP contribution in [0.1, 0.15) is 45.4 Å². The van der Waals surface area contributed by atoms with Gasteiger partial charge in [0.15, 0.2) is 0 Å². The average molecular weight is 272 g/mol. The Morgan fingerprint density at radius 1 is 1.42 bits per heavy atom. The van der Waals surface area contributed by atoms with Crippen molar-refractivity contribution in [3.05, 3.63) is 0 Å². The molecule has 1 fully saturated rings. The molecule has 0 bridgehead atoms. The number of amides is 2. The molecule has 3 atom stereocenters. The predicted molar refractivity (Wildman–Crippen MR) is 71.1 cm³/mol. The zero-order chi connectivity index (χ0) is 14.3. The van der Waals surface area contributed by atoms with Crippen molar-refractivity contribution in [1.82, 2.24) is 10.6 Å². The molecule has 1 aliphatic carbocycles. The van der Waals surface area contributed by atoms with Crippen LogP contribution in [0.25, 0.3) is 0 Å². The molecule has 0 heterocycles. The molecule has 0 aliphatic heterocycles. The Hall–Kier alpha value is -1.30. The Morgan fingerprint density at radius 3 is 2.74 bits per heavy atom. The van der Waals surface area contributed by atoms with Crippen molar-refractivity contribution >= 4 is 12.0 Å². The molecule has 3 unspecified atom stereocenters. The molecule has 0 aromatic heterocycles. The van der Waals surface area contributed by atoms with E-state index in [4.69, 9.17) is 9.84 Å². The molecule has 6 nitrogen and oxygen atoms in total. The smallest absolute Gasteiger partial charge is 0.315 e. The summed E-state index contributed by atoms with van der Waals surface area (Å²) in [7, 11) is 1.65. The number of hydrogen-bond acceptors (Lipinski definition) is 3. The zero-order valence-corrected chi connectivity index (χ0v) is 11.6. The second-order valence-electron chi connectivity index (χ2n) is 5.01. The van der Waals surface area contributed by atoms with Crippen LogP contribution in [0.3, 0.4) is 0 Å². The summed E-state index contributed by atoms with van der Waals surface area (Å²) >= 11 is 0. The molecule has 0 radical (unpaired) electrons. The fourth-order valence-electron chi connectivity index (χ4n) is 2.55. The van der Waals surface area contributed by atoms with E-state index < -0.39 is 5.97 Å². The highest BCUT2D eigenvalue weighted by atomic mass is 16.5. The zero-order valence-electron chi connectivity index (χ0n) is 11.6. The lowest BCUT2D eigenvalue weighted by Gasteiger charge is -2.22. The minimum absolute atomic E-state index is 0.0251. The van der Waals surface area contributed by atoms with Gasteiger partial charge in [0.2, 0.25) is 0 Å². The average Bonchev–Trinajstić information content (AvgIpc) is 2.75. The van der Waals surface area contributed by atoms with Gasteiger partial charge < -0.3 is 20.5 Å². The highest BCUT2D eigenvalue weighted by Crippen LogP contribution is 2.21. The molecular weight excluding hydrogens is 248 g/mol. The van der Waals surface area contributed by atoms with Gasteiger partial charge in [0.1, 0.15) is 0 Å². The standard InChI is InChI=1S/C13H24N2O4/c1-3-5-9(8-12(16)17)14-13(18)15-10-6-4-7-11(10)19-2/h9-11H,3-8H2,1-2H3,(H,16,17)(H2,14,15,18). The summed E-state index contributed by atoms with van der Waals surface area (Å²) in [6.07, 6.45) is 4.42. The summed E-state index contributed by atoms with van der Waals surface area (Å²) in [5, 5.41) is 14.4. The number of carboxylic acid groups (broad SMARTS) is 1. The van der Waals surface area contributed by atoms with Crippen molar-refractivity contribution in [2.24, 2.45) is 0 Å². The Labute approximate surface area is 113 Å². The maximum absolute atomic E-state index is 11.9. The largest absolute Gasteiger partial charge is 0.481 e. The molecule has 0 saturated heterocycles. The maximum atomic E-state index is 11.9. The van der Waals surface area contributed by atoms with Gasteiger partial charge >= 0.3 is 12.0 Å². The number of nitrogens with one attached hydrogen (secondary N) is 2. The minimum Gasteiger partial charge on any atom is -0.481 e. The molecule has 6 heteroatoms. The Morgan fingerprint density at radius 2 is 2.16 bits per heavy atom. The van der Waals surface area contributed by atoms with E-state index in [1.54, 1.807) is 7.11 Å². The van der Waals surface area contributed by atoms with Gasteiger partial charge in [-0.2, -0.15) is 0 Å². The number of hydrogen-bond donors (Lipinski definition) is 3. The molecule has 19 heavy (non-hydrogen) atoms. The van der Waals surface area contributed by atoms with E-state index in [0.717, 1.165) is 25.7 Å². The first kappa shape index (κ1) is 15.8. The predicted octanol–water partition coefficient (Wildman–Crippen LogP) is 1.50. The van der Waals surface area contributed by atoms with E-state index >= 15 is 0 Å². The number of aliphatic carboxylic acids is 1. The summed E-state index contributed by atoms with van der Waals surface area (Å²) in [6.45, 7) is 1.96. The molecule has 0 spiro atoms. The molecular formula is C13H24N2O4. The van der Waals surface area contributed by atoms with Gasteiger partial charge in [-0.1, -0.05) is 13.3 Å². The molecule has 110 valence electrons. The van der Waals surface area contributed by atoms with Gasteiger partial charge in [0.05, 0.1) is 18.6 Å². The Bertz CT molecular complexity index is 309. The van der Waals surface area contributed by atoms with Crippen molar-refractivity contribution in [3.8, 4) is 0 Å². The first-order chi connectivity index (χ1) is 9.06.